The maximum Gasteiger partial charge on any atom is 0.266 e. The summed E-state index contributed by atoms with van der Waals surface area (Å²) >= 11 is 6.60. The minimum Gasteiger partial charge on any atom is -0.372 e. The number of hydrogen-bond acceptors (Lipinski definition) is 4. The Labute approximate surface area is 140 Å². The van der Waals surface area contributed by atoms with Crippen molar-refractivity contribution in [1.29, 1.82) is 0 Å². The van der Waals surface area contributed by atoms with Gasteiger partial charge in [0.1, 0.15) is 4.32 Å². The number of hydrogen-bond donors (Lipinski definition) is 0. The number of thiocarbonyl (C=S) groups is 1. The van der Waals surface area contributed by atoms with Gasteiger partial charge in [-0.1, -0.05) is 42.2 Å². The van der Waals surface area contributed by atoms with E-state index in [0.717, 1.165) is 18.7 Å². The predicted octanol–water partition coefficient (Wildman–Crippen LogP) is 3.67. The molecule has 114 valence electrons. The molecule has 0 atom stereocenters. The van der Waals surface area contributed by atoms with Gasteiger partial charge in [-0.3, -0.25) is 9.69 Å². The first-order valence-electron chi connectivity index (χ1n) is 7.40. The van der Waals surface area contributed by atoms with Crippen LogP contribution in [0.15, 0.2) is 41.8 Å². The van der Waals surface area contributed by atoms with Crippen LogP contribution in [0, 0.1) is 0 Å². The van der Waals surface area contributed by atoms with E-state index in [1.54, 1.807) is 11.0 Å². The molecule has 3 rings (SSSR count). The Balaban J connectivity index is 1.76. The highest BCUT2D eigenvalue weighted by Crippen LogP contribution is 2.32. The Morgan fingerprint density at radius 1 is 1.23 bits per heavy atom. The molecule has 1 aromatic rings. The first-order valence-corrected chi connectivity index (χ1v) is 8.63. The molecule has 0 radical (unpaired) electrons. The fourth-order valence-electron chi connectivity index (χ4n) is 2.69. The molecule has 5 heteroatoms. The van der Waals surface area contributed by atoms with Gasteiger partial charge in [-0.05, 0) is 36.6 Å². The molecule has 2 aliphatic rings. The molecule has 2 saturated heterocycles. The summed E-state index contributed by atoms with van der Waals surface area (Å²) in [4.78, 5) is 16.9. The Bertz CT molecular complexity index is 631. The van der Waals surface area contributed by atoms with Crippen LogP contribution in [0.3, 0.4) is 0 Å². The number of thioether (sulfide) groups is 1. The van der Waals surface area contributed by atoms with E-state index in [9.17, 15) is 4.79 Å². The number of rotatable bonds is 4. The van der Waals surface area contributed by atoms with Crippen molar-refractivity contribution in [2.75, 3.05) is 24.5 Å². The molecule has 22 heavy (non-hydrogen) atoms. The maximum absolute atomic E-state index is 12.3. The Morgan fingerprint density at radius 2 is 1.91 bits per heavy atom. The van der Waals surface area contributed by atoms with Crippen LogP contribution in [0.1, 0.15) is 18.4 Å². The third kappa shape index (κ3) is 3.10. The number of carbonyl (C=O) groups excluding carboxylic acids is 1. The molecule has 2 heterocycles. The smallest absolute Gasteiger partial charge is 0.266 e. The highest BCUT2D eigenvalue weighted by atomic mass is 32.2. The van der Waals surface area contributed by atoms with Crippen molar-refractivity contribution >= 4 is 46.0 Å². The van der Waals surface area contributed by atoms with E-state index in [2.05, 4.69) is 35.7 Å². The minimum atomic E-state index is -0.0291. The fraction of sp³-hybridized carbons (Fsp3) is 0.294. The quantitative estimate of drug-likeness (QED) is 0.477. The standard InChI is InChI=1S/C17H18N2OS2/c1-2-9-19-16(20)15(22-17(19)21)12-13-5-7-14(8-6-13)18-10-3-4-11-18/h2,5-8,12H,1,3-4,9-11H2/b15-12-. The number of amides is 1. The first kappa shape index (κ1) is 15.3. The van der Waals surface area contributed by atoms with Gasteiger partial charge in [-0.2, -0.15) is 0 Å². The van der Waals surface area contributed by atoms with E-state index >= 15 is 0 Å². The van der Waals surface area contributed by atoms with Gasteiger partial charge in [-0.25, -0.2) is 0 Å². The van der Waals surface area contributed by atoms with Crippen molar-refractivity contribution in [3.05, 3.63) is 47.4 Å². The Hall–Kier alpha value is -1.59. The average molecular weight is 330 g/mol. The third-order valence-corrected chi connectivity index (χ3v) is 5.23. The molecule has 3 nitrogen and oxygen atoms in total. The molecule has 0 spiro atoms. The molecule has 0 aliphatic carbocycles. The van der Waals surface area contributed by atoms with Crippen LogP contribution in [0.4, 0.5) is 5.69 Å². The van der Waals surface area contributed by atoms with Crippen molar-refractivity contribution in [2.24, 2.45) is 0 Å². The minimum absolute atomic E-state index is 0.0291. The molecular weight excluding hydrogens is 312 g/mol. The molecular formula is C17H18N2OS2. The number of benzene rings is 1. The van der Waals surface area contributed by atoms with Crippen LogP contribution in [0.5, 0.6) is 0 Å². The SMILES string of the molecule is C=CCN1C(=O)/C(=C/c2ccc(N3CCCC3)cc2)SC1=S. The van der Waals surface area contributed by atoms with Crippen molar-refractivity contribution in [3.63, 3.8) is 0 Å². The summed E-state index contributed by atoms with van der Waals surface area (Å²) in [5.41, 5.74) is 2.29. The lowest BCUT2D eigenvalue weighted by atomic mass is 10.2. The van der Waals surface area contributed by atoms with Crippen molar-refractivity contribution < 1.29 is 4.79 Å². The van der Waals surface area contributed by atoms with Crippen LogP contribution >= 0.6 is 24.0 Å². The molecule has 0 unspecified atom stereocenters. The van der Waals surface area contributed by atoms with Gasteiger partial charge < -0.3 is 4.90 Å². The van der Waals surface area contributed by atoms with E-state index in [-0.39, 0.29) is 5.91 Å². The fourth-order valence-corrected chi connectivity index (χ4v) is 3.97. The van der Waals surface area contributed by atoms with E-state index in [4.69, 9.17) is 12.2 Å². The second-order valence-corrected chi connectivity index (χ2v) is 7.04. The molecule has 0 saturated carbocycles. The lowest BCUT2D eigenvalue weighted by Crippen LogP contribution is -2.27. The van der Waals surface area contributed by atoms with Crippen LogP contribution < -0.4 is 4.90 Å². The second kappa shape index (κ2) is 6.67. The van der Waals surface area contributed by atoms with Gasteiger partial charge in [0, 0.05) is 25.3 Å². The molecule has 0 bridgehead atoms. The summed E-state index contributed by atoms with van der Waals surface area (Å²) in [7, 11) is 0. The van der Waals surface area contributed by atoms with Crippen LogP contribution in [0.2, 0.25) is 0 Å². The van der Waals surface area contributed by atoms with Crippen molar-refractivity contribution in [1.82, 2.24) is 4.90 Å². The Kier molecular flexibility index (Phi) is 4.64. The summed E-state index contributed by atoms with van der Waals surface area (Å²) in [6, 6.07) is 8.38. The molecule has 1 aromatic carbocycles. The summed E-state index contributed by atoms with van der Waals surface area (Å²) in [6.07, 6.45) is 6.15. The van der Waals surface area contributed by atoms with Crippen molar-refractivity contribution in [3.8, 4) is 0 Å². The molecule has 0 aromatic heterocycles. The average Bonchev–Trinajstić information content (AvgIpc) is 3.13. The topological polar surface area (TPSA) is 23.6 Å². The first-order chi connectivity index (χ1) is 10.7. The molecule has 2 fully saturated rings. The highest BCUT2D eigenvalue weighted by molar-refractivity contribution is 8.26. The Morgan fingerprint density at radius 3 is 2.55 bits per heavy atom. The largest absolute Gasteiger partial charge is 0.372 e. The second-order valence-electron chi connectivity index (χ2n) is 5.37. The van der Waals surface area contributed by atoms with Gasteiger partial charge in [-0.15, -0.1) is 6.58 Å². The molecule has 1 amide bonds. The zero-order valence-electron chi connectivity index (χ0n) is 12.3. The summed E-state index contributed by atoms with van der Waals surface area (Å²) < 4.78 is 0.602. The van der Waals surface area contributed by atoms with E-state index < -0.39 is 0 Å². The number of anilines is 1. The monoisotopic (exact) mass is 330 g/mol. The number of nitrogens with zero attached hydrogens (tertiary/aromatic N) is 2. The lowest BCUT2D eigenvalue weighted by Gasteiger charge is -2.17. The summed E-state index contributed by atoms with van der Waals surface area (Å²) in [6.45, 7) is 6.41. The highest BCUT2D eigenvalue weighted by Gasteiger charge is 2.30. The van der Waals surface area contributed by atoms with E-state index in [0.29, 0.717) is 15.8 Å². The molecule has 0 N–H and O–H groups in total. The van der Waals surface area contributed by atoms with Gasteiger partial charge >= 0.3 is 0 Å². The van der Waals surface area contributed by atoms with Gasteiger partial charge in [0.2, 0.25) is 0 Å². The van der Waals surface area contributed by atoms with Gasteiger partial charge in [0.25, 0.3) is 5.91 Å². The van der Waals surface area contributed by atoms with Crippen LogP contribution in [-0.4, -0.2) is 34.8 Å². The summed E-state index contributed by atoms with van der Waals surface area (Å²) in [5.74, 6) is -0.0291. The number of carbonyl (C=O) groups is 1. The predicted molar refractivity (Wildman–Crippen MR) is 98.0 cm³/mol. The molecule has 2 aliphatic heterocycles. The van der Waals surface area contributed by atoms with Gasteiger partial charge in [0.15, 0.2) is 0 Å². The van der Waals surface area contributed by atoms with Crippen LogP contribution in [0.25, 0.3) is 6.08 Å². The maximum atomic E-state index is 12.3. The van der Waals surface area contributed by atoms with E-state index in [1.807, 2.05) is 6.08 Å². The zero-order valence-corrected chi connectivity index (χ0v) is 14.0. The van der Waals surface area contributed by atoms with Crippen LogP contribution in [-0.2, 0) is 4.79 Å². The summed E-state index contributed by atoms with van der Waals surface area (Å²) in [5, 5.41) is 0. The third-order valence-electron chi connectivity index (χ3n) is 3.85. The zero-order chi connectivity index (χ0) is 15.5. The normalized spacial score (nSPS) is 20.3. The lowest BCUT2D eigenvalue weighted by molar-refractivity contribution is -0.121. The van der Waals surface area contributed by atoms with Gasteiger partial charge in [0.05, 0.1) is 4.91 Å². The van der Waals surface area contributed by atoms with Crippen molar-refractivity contribution in [2.45, 2.75) is 12.8 Å². The van der Waals surface area contributed by atoms with E-state index in [1.165, 1.54) is 30.3 Å².